The number of carbonyl (C=O) groups is 1. The highest BCUT2D eigenvalue weighted by molar-refractivity contribution is 6.31. The van der Waals surface area contributed by atoms with Crippen molar-refractivity contribution in [2.24, 2.45) is 0 Å². The van der Waals surface area contributed by atoms with Crippen molar-refractivity contribution >= 4 is 17.5 Å². The van der Waals surface area contributed by atoms with Gasteiger partial charge in [-0.3, -0.25) is 24.1 Å². The standard InChI is InChI=1S/C28H25ClF2N6O3/c1-15-12-34-20(19-5-8-33-26(36-19)28(6-4-7-28)27(39)32-3)11-22(15)37-16(2)9-23(24(29)25(37)38)40-14-21-18(31)10-17(30)13-35-21/h5,8-13H,4,6-7,14H2,1-3H3,(H,32,39)/i14D2. The highest BCUT2D eigenvalue weighted by Gasteiger charge is 2.47. The second-order valence-corrected chi connectivity index (χ2v) is 9.81. The van der Waals surface area contributed by atoms with E-state index in [9.17, 15) is 18.4 Å². The molecule has 0 bridgehead atoms. The van der Waals surface area contributed by atoms with Crippen molar-refractivity contribution in [2.45, 2.75) is 45.1 Å². The molecule has 4 aromatic heterocycles. The van der Waals surface area contributed by atoms with Crippen LogP contribution < -0.4 is 15.6 Å². The SMILES string of the molecule is [2H]C([2H])(Oc1cc(C)n(-c2cc(-c3ccnc(C4(C(=O)NC)CCC4)n3)ncc2C)c(=O)c1Cl)c1ncc(F)cc1F. The fourth-order valence-corrected chi connectivity index (χ4v) is 4.77. The van der Waals surface area contributed by atoms with E-state index in [0.29, 0.717) is 59.3 Å². The number of pyridine rings is 3. The number of hydrogen-bond acceptors (Lipinski definition) is 7. The number of hydrogen-bond donors (Lipinski definition) is 1. The molecule has 0 aromatic carbocycles. The molecule has 5 rings (SSSR count). The predicted octanol–water partition coefficient (Wildman–Crippen LogP) is 4.38. The Bertz CT molecular complexity index is 1780. The van der Waals surface area contributed by atoms with Crippen LogP contribution in [0.4, 0.5) is 8.78 Å². The van der Waals surface area contributed by atoms with Crippen LogP contribution in [0.3, 0.4) is 0 Å². The highest BCUT2D eigenvalue weighted by atomic mass is 35.5. The number of aromatic nitrogens is 5. The van der Waals surface area contributed by atoms with Crippen LogP contribution in [0.5, 0.6) is 5.75 Å². The molecule has 1 aliphatic carbocycles. The summed E-state index contributed by atoms with van der Waals surface area (Å²) >= 11 is 6.35. The predicted molar refractivity (Wildman–Crippen MR) is 143 cm³/mol. The van der Waals surface area contributed by atoms with Gasteiger partial charge in [0.2, 0.25) is 5.91 Å². The monoisotopic (exact) mass is 568 g/mol. The Morgan fingerprint density at radius 3 is 2.62 bits per heavy atom. The Hall–Kier alpha value is -4.25. The smallest absolute Gasteiger partial charge is 0.277 e. The number of nitrogens with zero attached hydrogens (tertiary/aromatic N) is 5. The lowest BCUT2D eigenvalue weighted by Crippen LogP contribution is -2.49. The lowest BCUT2D eigenvalue weighted by molar-refractivity contribution is -0.129. The molecule has 0 aliphatic heterocycles. The summed E-state index contributed by atoms with van der Waals surface area (Å²) in [6.45, 7) is 0.463. The summed E-state index contributed by atoms with van der Waals surface area (Å²) in [7, 11) is 1.58. The molecule has 1 saturated carbocycles. The van der Waals surface area contributed by atoms with Crippen LogP contribution in [0.1, 0.15) is 44.8 Å². The van der Waals surface area contributed by atoms with Crippen LogP contribution in [-0.2, 0) is 16.8 Å². The quantitative estimate of drug-likeness (QED) is 0.352. The van der Waals surface area contributed by atoms with Gasteiger partial charge in [-0.15, -0.1) is 0 Å². The van der Waals surface area contributed by atoms with Crippen LogP contribution in [0, 0.1) is 25.5 Å². The third kappa shape index (κ3) is 4.81. The van der Waals surface area contributed by atoms with Crippen LogP contribution >= 0.6 is 11.6 Å². The molecule has 206 valence electrons. The molecule has 0 saturated heterocycles. The fourth-order valence-electron chi connectivity index (χ4n) is 4.60. The lowest BCUT2D eigenvalue weighted by Gasteiger charge is -2.38. The van der Waals surface area contributed by atoms with Gasteiger partial charge in [-0.1, -0.05) is 18.0 Å². The van der Waals surface area contributed by atoms with Gasteiger partial charge in [0.1, 0.15) is 40.1 Å². The minimum absolute atomic E-state index is 0.148. The molecule has 9 nitrogen and oxygen atoms in total. The van der Waals surface area contributed by atoms with Crippen LogP contribution in [-0.4, -0.2) is 37.5 Å². The third-order valence-electron chi connectivity index (χ3n) is 6.90. The van der Waals surface area contributed by atoms with Gasteiger partial charge in [-0.05, 0) is 44.4 Å². The molecule has 0 spiro atoms. The minimum Gasteiger partial charge on any atom is -0.485 e. The van der Waals surface area contributed by atoms with Crippen molar-refractivity contribution in [3.8, 4) is 22.8 Å². The van der Waals surface area contributed by atoms with E-state index < -0.39 is 39.9 Å². The van der Waals surface area contributed by atoms with Crippen molar-refractivity contribution in [2.75, 3.05) is 7.05 Å². The molecule has 12 heteroatoms. The molecule has 0 radical (unpaired) electrons. The number of likely N-dealkylation sites (N-methyl/N-ethyl adjacent to an activating group) is 1. The minimum atomic E-state index is -2.87. The van der Waals surface area contributed by atoms with Gasteiger partial charge < -0.3 is 10.1 Å². The first kappa shape index (κ1) is 24.8. The average molecular weight is 569 g/mol. The zero-order valence-corrected chi connectivity index (χ0v) is 22.5. The number of rotatable bonds is 7. The van der Waals surface area contributed by atoms with Gasteiger partial charge >= 0.3 is 0 Å². The van der Waals surface area contributed by atoms with E-state index in [0.717, 1.165) is 6.42 Å². The summed E-state index contributed by atoms with van der Waals surface area (Å²) in [6.07, 6.45) is 5.93. The molecule has 0 atom stereocenters. The van der Waals surface area contributed by atoms with E-state index in [1.54, 1.807) is 45.4 Å². The maximum absolute atomic E-state index is 14.2. The van der Waals surface area contributed by atoms with Crippen molar-refractivity contribution in [1.29, 1.82) is 0 Å². The van der Waals surface area contributed by atoms with E-state index >= 15 is 0 Å². The van der Waals surface area contributed by atoms with E-state index in [-0.39, 0.29) is 11.7 Å². The van der Waals surface area contributed by atoms with Gasteiger partial charge in [-0.25, -0.2) is 18.7 Å². The van der Waals surface area contributed by atoms with E-state index in [2.05, 4.69) is 25.3 Å². The van der Waals surface area contributed by atoms with E-state index in [1.165, 1.54) is 10.6 Å². The summed E-state index contributed by atoms with van der Waals surface area (Å²) in [5, 5.41) is 2.23. The summed E-state index contributed by atoms with van der Waals surface area (Å²) in [5.74, 6) is -2.34. The van der Waals surface area contributed by atoms with Crippen molar-refractivity contribution in [3.05, 3.63) is 92.6 Å². The Balaban J connectivity index is 1.53. The van der Waals surface area contributed by atoms with E-state index in [1.807, 2.05) is 0 Å². The van der Waals surface area contributed by atoms with Crippen molar-refractivity contribution in [1.82, 2.24) is 29.8 Å². The first-order valence-electron chi connectivity index (χ1n) is 13.3. The molecule has 4 heterocycles. The number of halogens is 3. The maximum Gasteiger partial charge on any atom is 0.277 e. The topological polar surface area (TPSA) is 112 Å². The van der Waals surface area contributed by atoms with Crippen molar-refractivity contribution < 1.29 is 21.1 Å². The lowest BCUT2D eigenvalue weighted by atomic mass is 9.67. The van der Waals surface area contributed by atoms with Gasteiger partial charge in [0.15, 0.2) is 5.82 Å². The van der Waals surface area contributed by atoms with Crippen LogP contribution in [0.2, 0.25) is 5.02 Å². The number of carbonyl (C=O) groups excluding carboxylic acids is 1. The first-order valence-corrected chi connectivity index (χ1v) is 12.7. The number of aryl methyl sites for hydroxylation is 2. The molecule has 1 N–H and O–H groups in total. The number of ether oxygens (including phenoxy) is 1. The third-order valence-corrected chi connectivity index (χ3v) is 7.24. The van der Waals surface area contributed by atoms with Gasteiger partial charge in [0.05, 0.1) is 26.0 Å². The molecule has 1 aliphatic rings. The first-order chi connectivity index (χ1) is 19.9. The Kier molecular flexibility index (Phi) is 6.64. The largest absolute Gasteiger partial charge is 0.485 e. The molecule has 1 amide bonds. The van der Waals surface area contributed by atoms with Crippen molar-refractivity contribution in [3.63, 3.8) is 0 Å². The summed E-state index contributed by atoms with van der Waals surface area (Å²) < 4.78 is 50.4. The molecule has 1 fully saturated rings. The summed E-state index contributed by atoms with van der Waals surface area (Å²) in [4.78, 5) is 43.1. The van der Waals surface area contributed by atoms with Gasteiger partial charge in [-0.2, -0.15) is 0 Å². The zero-order valence-electron chi connectivity index (χ0n) is 23.8. The summed E-state index contributed by atoms with van der Waals surface area (Å²) in [5.41, 5.74) is -0.0943. The van der Waals surface area contributed by atoms with Crippen LogP contribution in [0.25, 0.3) is 17.1 Å². The highest BCUT2D eigenvalue weighted by Crippen LogP contribution is 2.42. The fraction of sp³-hybridized carbons (Fsp3) is 0.286. The molecule has 0 unspecified atom stereocenters. The zero-order chi connectivity index (χ0) is 30.4. The van der Waals surface area contributed by atoms with Crippen LogP contribution in [0.15, 0.2) is 47.7 Å². The molecule has 4 aromatic rings. The van der Waals surface area contributed by atoms with E-state index in [4.69, 9.17) is 19.1 Å². The average Bonchev–Trinajstić information content (AvgIpc) is 2.91. The molecular weight excluding hydrogens is 542 g/mol. The normalized spacial score (nSPS) is 15.1. The molecule has 40 heavy (non-hydrogen) atoms. The maximum atomic E-state index is 14.2. The molecular formula is C28H25ClF2N6O3. The number of nitrogens with one attached hydrogen (secondary N) is 1. The second-order valence-electron chi connectivity index (χ2n) is 9.43. The Morgan fingerprint density at radius 2 is 1.95 bits per heavy atom. The Labute approximate surface area is 236 Å². The number of amides is 1. The summed E-state index contributed by atoms with van der Waals surface area (Å²) in [6, 6.07) is 5.11. The van der Waals surface area contributed by atoms with Gasteiger partial charge in [0, 0.05) is 37.3 Å². The second kappa shape index (κ2) is 10.7. The Morgan fingerprint density at radius 1 is 1.18 bits per heavy atom. The van der Waals surface area contributed by atoms with Gasteiger partial charge in [0.25, 0.3) is 5.56 Å².